The summed E-state index contributed by atoms with van der Waals surface area (Å²) in [5.74, 6) is 0.349. The molecule has 1 aliphatic rings. The molecule has 1 aliphatic heterocycles. The van der Waals surface area contributed by atoms with Crippen molar-refractivity contribution in [1.82, 2.24) is 14.6 Å². The quantitative estimate of drug-likeness (QED) is 0.862. The van der Waals surface area contributed by atoms with E-state index in [1.54, 1.807) is 11.9 Å². The van der Waals surface area contributed by atoms with Crippen LogP contribution in [-0.4, -0.2) is 47.8 Å². The number of hydrogen-bond acceptors (Lipinski definition) is 5. The SMILES string of the molecule is CNc1snc(C)c1C(=O)N1CCC[C@H](C(=O)NCC(C)C)C1. The van der Waals surface area contributed by atoms with Crippen molar-refractivity contribution in [2.75, 3.05) is 32.0 Å². The van der Waals surface area contributed by atoms with Gasteiger partial charge < -0.3 is 15.5 Å². The summed E-state index contributed by atoms with van der Waals surface area (Å²) in [6.07, 6.45) is 1.70. The first-order chi connectivity index (χ1) is 10.9. The second-order valence-electron chi connectivity index (χ2n) is 6.45. The molecule has 7 heteroatoms. The Hall–Kier alpha value is -1.63. The predicted molar refractivity (Wildman–Crippen MR) is 92.9 cm³/mol. The van der Waals surface area contributed by atoms with Gasteiger partial charge in [-0.1, -0.05) is 13.8 Å². The predicted octanol–water partition coefficient (Wildman–Crippen LogP) is 2.12. The number of nitrogens with one attached hydrogen (secondary N) is 2. The maximum atomic E-state index is 12.8. The number of hydrogen-bond donors (Lipinski definition) is 2. The lowest BCUT2D eigenvalue weighted by Gasteiger charge is -2.32. The fourth-order valence-corrected chi connectivity index (χ4v) is 3.51. The molecule has 23 heavy (non-hydrogen) atoms. The van der Waals surface area contributed by atoms with Crippen molar-refractivity contribution in [3.63, 3.8) is 0 Å². The number of aryl methyl sites for hydroxylation is 1. The Morgan fingerprint density at radius 3 is 2.83 bits per heavy atom. The highest BCUT2D eigenvalue weighted by molar-refractivity contribution is 7.10. The zero-order valence-electron chi connectivity index (χ0n) is 14.3. The molecule has 2 N–H and O–H groups in total. The van der Waals surface area contributed by atoms with E-state index in [0.717, 1.165) is 23.5 Å². The zero-order chi connectivity index (χ0) is 17.0. The molecular weight excluding hydrogens is 312 g/mol. The lowest BCUT2D eigenvalue weighted by molar-refractivity contribution is -0.126. The van der Waals surface area contributed by atoms with Crippen LogP contribution in [0.1, 0.15) is 42.7 Å². The third-order valence-corrected chi connectivity index (χ3v) is 5.02. The summed E-state index contributed by atoms with van der Waals surface area (Å²) >= 11 is 1.30. The molecule has 6 nitrogen and oxygen atoms in total. The normalized spacial score (nSPS) is 18.1. The number of amides is 2. The third-order valence-electron chi connectivity index (χ3n) is 4.07. The van der Waals surface area contributed by atoms with Gasteiger partial charge in [0.05, 0.1) is 17.2 Å². The first-order valence-corrected chi connectivity index (χ1v) is 8.92. The van der Waals surface area contributed by atoms with Crippen molar-refractivity contribution in [3.05, 3.63) is 11.3 Å². The van der Waals surface area contributed by atoms with Crippen LogP contribution < -0.4 is 10.6 Å². The topological polar surface area (TPSA) is 74.3 Å². The van der Waals surface area contributed by atoms with Crippen LogP contribution in [0.5, 0.6) is 0 Å². The number of rotatable bonds is 5. The summed E-state index contributed by atoms with van der Waals surface area (Å²) < 4.78 is 4.26. The van der Waals surface area contributed by atoms with Gasteiger partial charge in [0.1, 0.15) is 5.00 Å². The van der Waals surface area contributed by atoms with Crippen LogP contribution in [0.15, 0.2) is 0 Å². The second kappa shape index (κ2) is 7.77. The number of carbonyl (C=O) groups is 2. The highest BCUT2D eigenvalue weighted by Gasteiger charge is 2.31. The van der Waals surface area contributed by atoms with Crippen LogP contribution in [0.2, 0.25) is 0 Å². The van der Waals surface area contributed by atoms with Crippen LogP contribution in [0.4, 0.5) is 5.00 Å². The van der Waals surface area contributed by atoms with Gasteiger partial charge in [-0.15, -0.1) is 0 Å². The Bertz CT molecular complexity index is 570. The largest absolute Gasteiger partial charge is 0.378 e. The van der Waals surface area contributed by atoms with Gasteiger partial charge in [0.15, 0.2) is 0 Å². The zero-order valence-corrected chi connectivity index (χ0v) is 15.1. The van der Waals surface area contributed by atoms with Crippen molar-refractivity contribution < 1.29 is 9.59 Å². The molecule has 2 amide bonds. The second-order valence-corrected chi connectivity index (χ2v) is 7.22. The third kappa shape index (κ3) is 4.22. The monoisotopic (exact) mass is 338 g/mol. The highest BCUT2D eigenvalue weighted by atomic mass is 32.1. The van der Waals surface area contributed by atoms with E-state index in [0.29, 0.717) is 31.1 Å². The van der Waals surface area contributed by atoms with E-state index >= 15 is 0 Å². The molecule has 0 aromatic carbocycles. The van der Waals surface area contributed by atoms with Gasteiger partial charge in [-0.05, 0) is 37.2 Å². The molecule has 128 valence electrons. The summed E-state index contributed by atoms with van der Waals surface area (Å²) in [5.41, 5.74) is 1.39. The van der Waals surface area contributed by atoms with E-state index < -0.39 is 0 Å². The molecule has 0 aliphatic carbocycles. The molecule has 1 atom stereocenters. The fraction of sp³-hybridized carbons (Fsp3) is 0.688. The number of aromatic nitrogens is 1. The highest BCUT2D eigenvalue weighted by Crippen LogP contribution is 2.27. The number of piperidine rings is 1. The summed E-state index contributed by atoms with van der Waals surface area (Å²) in [5, 5.41) is 6.80. The summed E-state index contributed by atoms with van der Waals surface area (Å²) in [6, 6.07) is 0. The van der Waals surface area contributed by atoms with Gasteiger partial charge in [0, 0.05) is 26.7 Å². The number of likely N-dealkylation sites (tertiary alicyclic amines) is 1. The van der Waals surface area contributed by atoms with Gasteiger partial charge in [0.2, 0.25) is 5.91 Å². The van der Waals surface area contributed by atoms with Crippen molar-refractivity contribution in [1.29, 1.82) is 0 Å². The first kappa shape index (κ1) is 17.7. The van der Waals surface area contributed by atoms with Gasteiger partial charge in [0.25, 0.3) is 5.91 Å². The van der Waals surface area contributed by atoms with Gasteiger partial charge in [-0.3, -0.25) is 9.59 Å². The first-order valence-electron chi connectivity index (χ1n) is 8.15. The molecule has 2 rings (SSSR count). The van der Waals surface area contributed by atoms with Gasteiger partial charge in [-0.25, -0.2) is 0 Å². The molecule has 2 heterocycles. The van der Waals surface area contributed by atoms with Crippen molar-refractivity contribution >= 4 is 28.3 Å². The standard InChI is InChI=1S/C16H26N4O2S/c1-10(2)8-18-14(21)12-6-5-7-20(9-12)16(22)13-11(3)19-23-15(13)17-4/h10,12,17H,5-9H2,1-4H3,(H,18,21)/t12-/m0/s1. The van der Waals surface area contributed by atoms with Gasteiger partial charge in [-0.2, -0.15) is 4.37 Å². The molecule has 0 spiro atoms. The van der Waals surface area contributed by atoms with Crippen LogP contribution >= 0.6 is 11.5 Å². The average molecular weight is 338 g/mol. The van der Waals surface area contributed by atoms with Crippen molar-refractivity contribution in [3.8, 4) is 0 Å². The van der Waals surface area contributed by atoms with E-state index in [2.05, 4.69) is 28.9 Å². The van der Waals surface area contributed by atoms with Crippen LogP contribution in [0.25, 0.3) is 0 Å². The molecule has 0 unspecified atom stereocenters. The summed E-state index contributed by atoms with van der Waals surface area (Å²) in [4.78, 5) is 26.9. The van der Waals surface area contributed by atoms with E-state index in [-0.39, 0.29) is 17.7 Å². The maximum absolute atomic E-state index is 12.8. The molecule has 0 radical (unpaired) electrons. The Morgan fingerprint density at radius 2 is 2.17 bits per heavy atom. The van der Waals surface area contributed by atoms with Crippen LogP contribution in [0.3, 0.4) is 0 Å². The fourth-order valence-electron chi connectivity index (χ4n) is 2.78. The average Bonchev–Trinajstić information content (AvgIpc) is 2.92. The number of carbonyl (C=O) groups excluding carboxylic acids is 2. The molecule has 1 aromatic rings. The minimum absolute atomic E-state index is 0.0260. The summed E-state index contributed by atoms with van der Waals surface area (Å²) in [6.45, 7) is 7.86. The Morgan fingerprint density at radius 1 is 1.43 bits per heavy atom. The van der Waals surface area contributed by atoms with Crippen LogP contribution in [0, 0.1) is 18.8 Å². The Balaban J connectivity index is 2.04. The molecule has 0 bridgehead atoms. The Kier molecular flexibility index (Phi) is 5.98. The van der Waals surface area contributed by atoms with Crippen LogP contribution in [-0.2, 0) is 4.79 Å². The molecular formula is C16H26N4O2S. The number of anilines is 1. The lowest BCUT2D eigenvalue weighted by atomic mass is 9.96. The maximum Gasteiger partial charge on any atom is 0.258 e. The number of nitrogens with zero attached hydrogens (tertiary/aromatic N) is 2. The van der Waals surface area contributed by atoms with E-state index in [9.17, 15) is 9.59 Å². The Labute approximate surface area is 141 Å². The van der Waals surface area contributed by atoms with E-state index in [4.69, 9.17) is 0 Å². The molecule has 0 saturated carbocycles. The minimum atomic E-state index is -0.114. The summed E-state index contributed by atoms with van der Waals surface area (Å²) in [7, 11) is 1.79. The van der Waals surface area contributed by atoms with Crippen molar-refractivity contribution in [2.24, 2.45) is 11.8 Å². The minimum Gasteiger partial charge on any atom is -0.378 e. The lowest BCUT2D eigenvalue weighted by Crippen LogP contribution is -2.46. The van der Waals surface area contributed by atoms with Gasteiger partial charge >= 0.3 is 0 Å². The van der Waals surface area contributed by atoms with E-state index in [1.165, 1.54) is 11.5 Å². The smallest absolute Gasteiger partial charge is 0.258 e. The molecule has 1 saturated heterocycles. The molecule has 1 fully saturated rings. The van der Waals surface area contributed by atoms with Crippen molar-refractivity contribution in [2.45, 2.75) is 33.6 Å². The van der Waals surface area contributed by atoms with E-state index in [1.807, 2.05) is 6.92 Å². The molecule has 1 aromatic heterocycles.